The Morgan fingerprint density at radius 2 is 1.95 bits per heavy atom. The summed E-state index contributed by atoms with van der Waals surface area (Å²) >= 11 is 0. The van der Waals surface area contributed by atoms with Crippen LogP contribution in [0.4, 0.5) is 0 Å². The van der Waals surface area contributed by atoms with Gasteiger partial charge in [-0.1, -0.05) is 12.1 Å². The van der Waals surface area contributed by atoms with Gasteiger partial charge in [-0.3, -0.25) is 4.98 Å². The number of ether oxygens (including phenoxy) is 1. The first-order valence-electron chi connectivity index (χ1n) is 6.40. The molecule has 1 aromatic carbocycles. The van der Waals surface area contributed by atoms with Crippen molar-refractivity contribution in [3.63, 3.8) is 0 Å². The highest BCUT2D eigenvalue weighted by atomic mass is 16.6. The van der Waals surface area contributed by atoms with Gasteiger partial charge in [0, 0.05) is 12.4 Å². The lowest BCUT2D eigenvalue weighted by Gasteiger charge is -1.96. The highest BCUT2D eigenvalue weighted by Crippen LogP contribution is 2.19. The molecule has 2 aromatic rings. The van der Waals surface area contributed by atoms with Gasteiger partial charge in [-0.25, -0.2) is 14.6 Å². The normalized spacial score (nSPS) is 15.5. The first-order valence-corrected chi connectivity index (χ1v) is 6.40. The maximum atomic E-state index is 11.8. The molecule has 0 unspecified atom stereocenters. The SMILES string of the molecule is O=C1OC(c2cccnc2)=NC1=Cc1ccc(C(=O)O)cc1. The Balaban J connectivity index is 1.89. The average molecular weight is 294 g/mol. The Morgan fingerprint density at radius 3 is 2.59 bits per heavy atom. The van der Waals surface area contributed by atoms with Gasteiger partial charge in [0.15, 0.2) is 5.70 Å². The van der Waals surface area contributed by atoms with Crippen LogP contribution in [-0.4, -0.2) is 27.9 Å². The Labute approximate surface area is 125 Å². The minimum absolute atomic E-state index is 0.155. The minimum Gasteiger partial charge on any atom is -0.478 e. The first-order chi connectivity index (χ1) is 10.6. The molecule has 6 heteroatoms. The number of cyclic esters (lactones) is 1. The highest BCUT2D eigenvalue weighted by molar-refractivity contribution is 6.12. The monoisotopic (exact) mass is 294 g/mol. The van der Waals surface area contributed by atoms with Crippen LogP contribution >= 0.6 is 0 Å². The van der Waals surface area contributed by atoms with Crippen LogP contribution in [0.5, 0.6) is 0 Å². The summed E-state index contributed by atoms with van der Waals surface area (Å²) in [5, 5.41) is 8.85. The fourth-order valence-electron chi connectivity index (χ4n) is 1.90. The number of aromatic carboxylic acids is 1. The third kappa shape index (κ3) is 2.76. The number of hydrogen-bond acceptors (Lipinski definition) is 5. The molecule has 1 N–H and O–H groups in total. The number of esters is 1. The van der Waals surface area contributed by atoms with E-state index in [0.29, 0.717) is 11.1 Å². The van der Waals surface area contributed by atoms with E-state index in [1.54, 1.807) is 36.7 Å². The zero-order valence-electron chi connectivity index (χ0n) is 11.3. The summed E-state index contributed by atoms with van der Waals surface area (Å²) in [6.45, 7) is 0. The molecule has 0 bridgehead atoms. The Bertz CT molecular complexity index is 793. The van der Waals surface area contributed by atoms with Gasteiger partial charge in [0.2, 0.25) is 5.90 Å². The smallest absolute Gasteiger partial charge is 0.363 e. The van der Waals surface area contributed by atoms with E-state index in [-0.39, 0.29) is 17.2 Å². The standard InChI is InChI=1S/C16H10N2O4/c19-15(20)11-5-3-10(4-6-11)8-13-16(21)22-14(18-13)12-2-1-7-17-9-12/h1-9H,(H,19,20). The molecule has 0 spiro atoms. The zero-order chi connectivity index (χ0) is 15.5. The van der Waals surface area contributed by atoms with Crippen LogP contribution in [-0.2, 0) is 9.53 Å². The van der Waals surface area contributed by atoms with Crippen molar-refractivity contribution in [1.29, 1.82) is 0 Å². The molecule has 1 aliphatic rings. The summed E-state index contributed by atoms with van der Waals surface area (Å²) in [5.74, 6) is -1.36. The van der Waals surface area contributed by atoms with Crippen molar-refractivity contribution in [1.82, 2.24) is 4.98 Å². The molecule has 0 saturated carbocycles. The van der Waals surface area contributed by atoms with E-state index in [1.807, 2.05) is 0 Å². The lowest BCUT2D eigenvalue weighted by Crippen LogP contribution is -2.05. The van der Waals surface area contributed by atoms with E-state index >= 15 is 0 Å². The lowest BCUT2D eigenvalue weighted by atomic mass is 10.1. The molecule has 3 rings (SSSR count). The fourth-order valence-corrected chi connectivity index (χ4v) is 1.90. The van der Waals surface area contributed by atoms with Crippen molar-refractivity contribution in [3.8, 4) is 0 Å². The Hall–Kier alpha value is -3.28. The molecule has 0 radical (unpaired) electrons. The summed E-state index contributed by atoms with van der Waals surface area (Å²) in [5.41, 5.74) is 1.60. The van der Waals surface area contributed by atoms with E-state index in [9.17, 15) is 9.59 Å². The number of carboxylic acid groups (broad SMARTS) is 1. The molecule has 0 fully saturated rings. The van der Waals surface area contributed by atoms with Gasteiger partial charge in [-0.15, -0.1) is 0 Å². The molecular weight excluding hydrogens is 284 g/mol. The lowest BCUT2D eigenvalue weighted by molar-refractivity contribution is -0.129. The van der Waals surface area contributed by atoms with Crippen LogP contribution in [0.15, 0.2) is 59.5 Å². The van der Waals surface area contributed by atoms with Gasteiger partial charge in [0.1, 0.15) is 0 Å². The zero-order valence-corrected chi connectivity index (χ0v) is 11.3. The molecule has 0 atom stereocenters. The number of hydrogen-bond donors (Lipinski definition) is 1. The molecule has 0 aliphatic carbocycles. The summed E-state index contributed by atoms with van der Waals surface area (Å²) in [4.78, 5) is 30.7. The summed E-state index contributed by atoms with van der Waals surface area (Å²) in [7, 11) is 0. The van der Waals surface area contributed by atoms with E-state index < -0.39 is 11.9 Å². The van der Waals surface area contributed by atoms with E-state index in [1.165, 1.54) is 18.2 Å². The van der Waals surface area contributed by atoms with Crippen molar-refractivity contribution in [2.45, 2.75) is 0 Å². The number of nitrogens with zero attached hydrogens (tertiary/aromatic N) is 2. The van der Waals surface area contributed by atoms with Crippen molar-refractivity contribution in [3.05, 3.63) is 71.2 Å². The highest BCUT2D eigenvalue weighted by Gasteiger charge is 2.24. The number of benzene rings is 1. The second-order valence-corrected chi connectivity index (χ2v) is 4.50. The Kier molecular flexibility index (Phi) is 3.49. The van der Waals surface area contributed by atoms with Crippen LogP contribution in [0.2, 0.25) is 0 Å². The predicted octanol–water partition coefficient (Wildman–Crippen LogP) is 2.12. The summed E-state index contributed by atoms with van der Waals surface area (Å²) in [6.07, 6.45) is 4.70. The molecular formula is C16H10N2O4. The third-order valence-electron chi connectivity index (χ3n) is 2.99. The molecule has 1 aliphatic heterocycles. The van der Waals surface area contributed by atoms with Crippen LogP contribution < -0.4 is 0 Å². The van der Waals surface area contributed by atoms with Gasteiger partial charge in [0.25, 0.3) is 0 Å². The average Bonchev–Trinajstić information content (AvgIpc) is 2.90. The molecule has 22 heavy (non-hydrogen) atoms. The maximum Gasteiger partial charge on any atom is 0.363 e. The topological polar surface area (TPSA) is 88.9 Å². The van der Waals surface area contributed by atoms with E-state index in [2.05, 4.69) is 9.98 Å². The molecule has 108 valence electrons. The number of carbonyl (C=O) groups is 2. The second kappa shape index (κ2) is 5.61. The number of aromatic nitrogens is 1. The predicted molar refractivity (Wildman–Crippen MR) is 78.2 cm³/mol. The molecule has 1 aromatic heterocycles. The third-order valence-corrected chi connectivity index (χ3v) is 2.99. The Morgan fingerprint density at radius 1 is 1.18 bits per heavy atom. The van der Waals surface area contributed by atoms with Crippen molar-refractivity contribution >= 4 is 23.9 Å². The van der Waals surface area contributed by atoms with E-state index in [4.69, 9.17) is 9.84 Å². The number of pyridine rings is 1. The molecule has 0 saturated heterocycles. The molecule has 6 nitrogen and oxygen atoms in total. The number of rotatable bonds is 3. The van der Waals surface area contributed by atoms with Crippen LogP contribution in [0.3, 0.4) is 0 Å². The minimum atomic E-state index is -1.00. The second-order valence-electron chi connectivity index (χ2n) is 4.50. The number of aliphatic imine (C=N–C) groups is 1. The van der Waals surface area contributed by atoms with Crippen molar-refractivity contribution in [2.24, 2.45) is 4.99 Å². The molecule has 0 amide bonds. The number of carbonyl (C=O) groups excluding carboxylic acids is 1. The summed E-state index contributed by atoms with van der Waals surface area (Å²) < 4.78 is 5.10. The van der Waals surface area contributed by atoms with Gasteiger partial charge in [0.05, 0.1) is 11.1 Å². The van der Waals surface area contributed by atoms with Gasteiger partial charge in [-0.05, 0) is 35.9 Å². The molecule has 2 heterocycles. The van der Waals surface area contributed by atoms with Crippen LogP contribution in [0.25, 0.3) is 6.08 Å². The van der Waals surface area contributed by atoms with Crippen molar-refractivity contribution in [2.75, 3.05) is 0 Å². The van der Waals surface area contributed by atoms with E-state index in [0.717, 1.165) is 0 Å². The van der Waals surface area contributed by atoms with Crippen molar-refractivity contribution < 1.29 is 19.4 Å². The maximum absolute atomic E-state index is 11.8. The van der Waals surface area contributed by atoms with Gasteiger partial charge < -0.3 is 9.84 Å². The van der Waals surface area contributed by atoms with Gasteiger partial charge >= 0.3 is 11.9 Å². The van der Waals surface area contributed by atoms with Gasteiger partial charge in [-0.2, -0.15) is 0 Å². The quantitative estimate of drug-likeness (QED) is 0.692. The fraction of sp³-hybridized carbons (Fsp3) is 0. The first kappa shape index (κ1) is 13.7. The van der Waals surface area contributed by atoms with Crippen LogP contribution in [0.1, 0.15) is 21.5 Å². The number of carboxylic acids is 1. The van der Waals surface area contributed by atoms with Crippen LogP contribution in [0, 0.1) is 0 Å². The largest absolute Gasteiger partial charge is 0.478 e. The summed E-state index contributed by atoms with van der Waals surface area (Å²) in [6, 6.07) is 9.58.